The van der Waals surface area contributed by atoms with Crippen LogP contribution in [0.5, 0.6) is 0 Å². The maximum absolute atomic E-state index is 12.3. The number of piperidine rings is 1. The van der Waals surface area contributed by atoms with Crippen LogP contribution in [-0.2, 0) is 9.53 Å². The number of nitrogens with zero attached hydrogens (tertiary/aromatic N) is 3. The van der Waals surface area contributed by atoms with Crippen LogP contribution in [0.25, 0.3) is 0 Å². The zero-order valence-corrected chi connectivity index (χ0v) is 16.7. The molecule has 0 aromatic rings. The molecule has 2 saturated heterocycles. The van der Waals surface area contributed by atoms with E-state index in [1.165, 1.54) is 12.8 Å². The van der Waals surface area contributed by atoms with Crippen molar-refractivity contribution in [1.82, 2.24) is 14.7 Å². The quantitative estimate of drug-likeness (QED) is 0.663. The van der Waals surface area contributed by atoms with Gasteiger partial charge in [-0.1, -0.05) is 26.7 Å². The second-order valence-electron chi connectivity index (χ2n) is 8.99. The van der Waals surface area contributed by atoms with Crippen LogP contribution >= 0.6 is 0 Å². The molecule has 0 unspecified atom stereocenters. The number of likely N-dealkylation sites (N-methyl/N-ethyl adjacent to an activating group) is 1. The molecule has 0 radical (unpaired) electrons. The number of amides is 2. The fourth-order valence-corrected chi connectivity index (χ4v) is 4.19. The first-order valence-corrected chi connectivity index (χ1v) is 10.3. The van der Waals surface area contributed by atoms with Gasteiger partial charge in [0.1, 0.15) is 5.60 Å². The van der Waals surface area contributed by atoms with Gasteiger partial charge in [0.05, 0.1) is 6.54 Å². The molecule has 0 aromatic heterocycles. The molecular weight excluding hydrogens is 330 g/mol. The van der Waals surface area contributed by atoms with Crippen LogP contribution in [-0.4, -0.2) is 78.6 Å². The second kappa shape index (κ2) is 8.15. The Morgan fingerprint density at radius 1 is 1.31 bits per heavy atom. The Hall–Kier alpha value is -1.30. The van der Waals surface area contributed by atoms with Crippen molar-refractivity contribution in [3.8, 4) is 0 Å². The van der Waals surface area contributed by atoms with E-state index >= 15 is 0 Å². The minimum absolute atomic E-state index is 0.184. The maximum Gasteiger partial charge on any atom is 0.410 e. The van der Waals surface area contributed by atoms with Crippen LogP contribution in [0.2, 0.25) is 0 Å². The first-order chi connectivity index (χ1) is 12.4. The molecule has 0 bridgehead atoms. The fraction of sp³-hybridized carbons (Fsp3) is 0.900. The fourth-order valence-electron chi connectivity index (χ4n) is 4.19. The van der Waals surface area contributed by atoms with Gasteiger partial charge in [-0.15, -0.1) is 0 Å². The van der Waals surface area contributed by atoms with Gasteiger partial charge in [-0.25, -0.2) is 4.79 Å². The van der Waals surface area contributed by atoms with E-state index in [4.69, 9.17) is 4.74 Å². The molecule has 6 heteroatoms. The van der Waals surface area contributed by atoms with Crippen molar-refractivity contribution in [3.05, 3.63) is 0 Å². The monoisotopic (exact) mass is 365 g/mol. The van der Waals surface area contributed by atoms with Crippen molar-refractivity contribution in [2.24, 2.45) is 11.8 Å². The van der Waals surface area contributed by atoms with Gasteiger partial charge in [-0.3, -0.25) is 4.79 Å². The van der Waals surface area contributed by atoms with Crippen LogP contribution in [0, 0.1) is 11.8 Å². The van der Waals surface area contributed by atoms with Crippen molar-refractivity contribution in [3.63, 3.8) is 0 Å². The summed E-state index contributed by atoms with van der Waals surface area (Å²) in [5.41, 5.74) is -0.374. The zero-order valence-electron chi connectivity index (χ0n) is 16.7. The molecular formula is C20H35N3O3. The summed E-state index contributed by atoms with van der Waals surface area (Å²) >= 11 is 0. The summed E-state index contributed by atoms with van der Waals surface area (Å²) < 4.78 is 5.78. The molecule has 2 aliphatic heterocycles. The van der Waals surface area contributed by atoms with E-state index < -0.39 is 0 Å². The van der Waals surface area contributed by atoms with Crippen molar-refractivity contribution >= 4 is 12.0 Å². The molecule has 26 heavy (non-hydrogen) atoms. The van der Waals surface area contributed by atoms with E-state index in [-0.39, 0.29) is 17.6 Å². The number of rotatable bonds is 8. The Morgan fingerprint density at radius 3 is 2.62 bits per heavy atom. The topological polar surface area (TPSA) is 53.1 Å². The number of carbonyl (C=O) groups is 2. The van der Waals surface area contributed by atoms with E-state index in [0.29, 0.717) is 25.4 Å². The molecule has 1 saturated carbocycles. The van der Waals surface area contributed by atoms with E-state index in [9.17, 15) is 9.59 Å². The molecule has 0 aromatic carbocycles. The van der Waals surface area contributed by atoms with Gasteiger partial charge in [0.25, 0.3) is 0 Å². The molecule has 148 valence electrons. The van der Waals surface area contributed by atoms with Crippen molar-refractivity contribution in [2.45, 2.75) is 58.0 Å². The van der Waals surface area contributed by atoms with Gasteiger partial charge in [-0.2, -0.15) is 0 Å². The summed E-state index contributed by atoms with van der Waals surface area (Å²) in [6.45, 7) is 9.14. The lowest BCUT2D eigenvalue weighted by atomic mass is 9.91. The summed E-state index contributed by atoms with van der Waals surface area (Å²) in [4.78, 5) is 30.7. The van der Waals surface area contributed by atoms with Crippen LogP contribution < -0.4 is 0 Å². The second-order valence-corrected chi connectivity index (χ2v) is 8.99. The first-order valence-electron chi connectivity index (χ1n) is 10.3. The smallest absolute Gasteiger partial charge is 0.410 e. The van der Waals surface area contributed by atoms with Gasteiger partial charge in [0.15, 0.2) is 0 Å². The Morgan fingerprint density at radius 2 is 2.00 bits per heavy atom. The number of likely N-dealkylation sites (tertiary alicyclic amines) is 1. The highest BCUT2D eigenvalue weighted by Crippen LogP contribution is 2.35. The summed E-state index contributed by atoms with van der Waals surface area (Å²) in [6.07, 6.45) is 5.69. The summed E-state index contributed by atoms with van der Waals surface area (Å²) in [6, 6.07) is 0. The van der Waals surface area contributed by atoms with Gasteiger partial charge < -0.3 is 19.4 Å². The van der Waals surface area contributed by atoms with Gasteiger partial charge in [0.2, 0.25) is 5.91 Å². The largest absolute Gasteiger partial charge is 0.441 e. The minimum Gasteiger partial charge on any atom is -0.441 e. The standard InChI is InChI=1S/C20H35N3O3/c1-16(2)14-21(3)12-13-23-15-20(26-19(23)25)8-10-22(11-9-20)18(24)7-6-17-4-5-17/h16-17H,4-15H2,1-3H3. The molecule has 6 nitrogen and oxygen atoms in total. The molecule has 0 atom stereocenters. The Balaban J connectivity index is 1.42. The number of hydrogen-bond donors (Lipinski definition) is 0. The number of hydrogen-bond acceptors (Lipinski definition) is 4. The third-order valence-corrected chi connectivity index (χ3v) is 5.96. The number of ether oxygens (including phenoxy) is 1. The highest BCUT2D eigenvalue weighted by Gasteiger charge is 2.47. The molecule has 2 heterocycles. The molecule has 3 aliphatic rings. The van der Waals surface area contributed by atoms with Crippen LogP contribution in [0.4, 0.5) is 4.79 Å². The number of carbonyl (C=O) groups excluding carboxylic acids is 2. The van der Waals surface area contributed by atoms with E-state index in [0.717, 1.165) is 51.4 Å². The lowest BCUT2D eigenvalue weighted by Crippen LogP contribution is -2.49. The highest BCUT2D eigenvalue weighted by atomic mass is 16.6. The van der Waals surface area contributed by atoms with Crippen LogP contribution in [0.15, 0.2) is 0 Å². The lowest BCUT2D eigenvalue weighted by molar-refractivity contribution is -0.134. The molecule has 2 amide bonds. The Kier molecular flexibility index (Phi) is 6.10. The van der Waals surface area contributed by atoms with Crippen molar-refractivity contribution in [1.29, 1.82) is 0 Å². The van der Waals surface area contributed by atoms with Crippen LogP contribution in [0.1, 0.15) is 52.4 Å². The van der Waals surface area contributed by atoms with Gasteiger partial charge in [-0.05, 0) is 25.3 Å². The molecule has 3 fully saturated rings. The predicted molar refractivity (Wildman–Crippen MR) is 101 cm³/mol. The summed E-state index contributed by atoms with van der Waals surface area (Å²) in [5.74, 6) is 1.70. The maximum atomic E-state index is 12.3. The third-order valence-electron chi connectivity index (χ3n) is 5.96. The lowest BCUT2D eigenvalue weighted by Gasteiger charge is -2.37. The van der Waals surface area contributed by atoms with Crippen LogP contribution in [0.3, 0.4) is 0 Å². The predicted octanol–water partition coefficient (Wildman–Crippen LogP) is 2.58. The summed E-state index contributed by atoms with van der Waals surface area (Å²) in [5, 5.41) is 0. The minimum atomic E-state index is -0.374. The Labute approximate surface area is 157 Å². The highest BCUT2D eigenvalue weighted by molar-refractivity contribution is 5.76. The van der Waals surface area contributed by atoms with Crippen molar-refractivity contribution in [2.75, 3.05) is 46.3 Å². The van der Waals surface area contributed by atoms with Gasteiger partial charge in [0, 0.05) is 52.0 Å². The normalized spacial score (nSPS) is 22.6. The molecule has 1 aliphatic carbocycles. The molecule has 3 rings (SSSR count). The van der Waals surface area contributed by atoms with E-state index in [1.54, 1.807) is 0 Å². The Bertz CT molecular complexity index is 510. The zero-order chi connectivity index (χ0) is 18.7. The summed E-state index contributed by atoms with van der Waals surface area (Å²) in [7, 11) is 2.10. The SMILES string of the molecule is CC(C)CN(C)CCN1CC2(CCN(C(=O)CCC3CC3)CC2)OC1=O. The molecule has 1 spiro atoms. The average molecular weight is 366 g/mol. The van der Waals surface area contributed by atoms with Gasteiger partial charge >= 0.3 is 6.09 Å². The van der Waals surface area contributed by atoms with E-state index in [2.05, 4.69) is 25.8 Å². The third kappa shape index (κ3) is 5.12. The molecule has 0 N–H and O–H groups in total. The average Bonchev–Trinajstić information content (AvgIpc) is 3.36. The van der Waals surface area contributed by atoms with E-state index in [1.807, 2.05) is 9.80 Å². The van der Waals surface area contributed by atoms with Crippen molar-refractivity contribution < 1.29 is 14.3 Å². The first kappa shape index (κ1) is 19.5.